The first-order valence-electron chi connectivity index (χ1n) is 6.57. The molecular weight excluding hydrogens is 328 g/mol. The van der Waals surface area contributed by atoms with Crippen molar-refractivity contribution < 1.29 is 8.42 Å². The summed E-state index contributed by atoms with van der Waals surface area (Å²) in [7, 11) is -3.39. The van der Waals surface area contributed by atoms with E-state index in [1.807, 2.05) is 0 Å². The zero-order valence-electron chi connectivity index (χ0n) is 10.8. The summed E-state index contributed by atoms with van der Waals surface area (Å²) < 4.78 is 27.4. The van der Waals surface area contributed by atoms with E-state index in [1.54, 1.807) is 22.5 Å². The van der Waals surface area contributed by atoms with Gasteiger partial charge in [0.05, 0.1) is 4.90 Å². The number of halogens is 1. The molecule has 0 atom stereocenters. The zero-order valence-corrected chi connectivity index (χ0v) is 13.2. The lowest BCUT2D eigenvalue weighted by molar-refractivity contribution is 0.364. The summed E-state index contributed by atoms with van der Waals surface area (Å²) in [6.07, 6.45) is 5.31. The number of nitrogens with two attached hydrogens (primary N) is 1. The summed E-state index contributed by atoms with van der Waals surface area (Å²) in [5, 5.41) is 0. The van der Waals surface area contributed by atoms with Gasteiger partial charge in [-0.15, -0.1) is 0 Å². The van der Waals surface area contributed by atoms with Crippen molar-refractivity contribution in [2.45, 2.75) is 37.0 Å². The van der Waals surface area contributed by atoms with E-state index in [0.29, 0.717) is 28.1 Å². The Morgan fingerprint density at radius 2 is 1.63 bits per heavy atom. The van der Waals surface area contributed by atoms with Gasteiger partial charge in [0.2, 0.25) is 10.0 Å². The lowest BCUT2D eigenvalue weighted by Crippen LogP contribution is -2.33. The molecule has 2 N–H and O–H groups in total. The van der Waals surface area contributed by atoms with E-state index in [9.17, 15) is 8.42 Å². The number of sulfonamides is 1. The molecule has 0 saturated carbocycles. The Labute approximate surface area is 123 Å². The predicted octanol–water partition coefficient (Wildman–Crippen LogP) is 2.99. The molecule has 1 aliphatic heterocycles. The molecule has 0 unspecified atom stereocenters. The maximum absolute atomic E-state index is 12.6. The van der Waals surface area contributed by atoms with E-state index >= 15 is 0 Å². The highest BCUT2D eigenvalue weighted by atomic mass is 79.9. The van der Waals surface area contributed by atoms with Crippen LogP contribution in [0.5, 0.6) is 0 Å². The van der Waals surface area contributed by atoms with Gasteiger partial charge >= 0.3 is 0 Å². The van der Waals surface area contributed by atoms with Crippen molar-refractivity contribution in [3.05, 3.63) is 22.7 Å². The molecule has 106 valence electrons. The minimum absolute atomic E-state index is 0.314. The molecule has 0 spiro atoms. The van der Waals surface area contributed by atoms with Gasteiger partial charge in [-0.1, -0.05) is 19.3 Å². The Kier molecular flexibility index (Phi) is 4.86. The lowest BCUT2D eigenvalue weighted by Gasteiger charge is -2.24. The summed E-state index contributed by atoms with van der Waals surface area (Å²) in [6, 6.07) is 4.79. The second-order valence-corrected chi connectivity index (χ2v) is 7.65. The second-order valence-electron chi connectivity index (χ2n) is 4.86. The summed E-state index contributed by atoms with van der Waals surface area (Å²) >= 11 is 3.28. The molecule has 1 aromatic carbocycles. The van der Waals surface area contributed by atoms with Crippen LogP contribution in [0, 0.1) is 0 Å². The third kappa shape index (κ3) is 3.49. The van der Waals surface area contributed by atoms with Gasteiger partial charge in [-0.3, -0.25) is 0 Å². The van der Waals surface area contributed by atoms with Crippen molar-refractivity contribution in [3.63, 3.8) is 0 Å². The number of nitrogen functional groups attached to an aromatic ring is 1. The molecule has 1 fully saturated rings. The highest BCUT2D eigenvalue weighted by Crippen LogP contribution is 2.26. The van der Waals surface area contributed by atoms with E-state index < -0.39 is 10.0 Å². The van der Waals surface area contributed by atoms with Crippen molar-refractivity contribution in [1.82, 2.24) is 4.31 Å². The topological polar surface area (TPSA) is 63.4 Å². The van der Waals surface area contributed by atoms with Crippen molar-refractivity contribution >= 4 is 31.6 Å². The number of nitrogens with zero attached hydrogens (tertiary/aromatic N) is 1. The van der Waals surface area contributed by atoms with Crippen molar-refractivity contribution in [2.24, 2.45) is 0 Å². The van der Waals surface area contributed by atoms with Crippen molar-refractivity contribution in [3.8, 4) is 0 Å². The van der Waals surface area contributed by atoms with Crippen LogP contribution in [0.25, 0.3) is 0 Å². The van der Waals surface area contributed by atoms with E-state index in [2.05, 4.69) is 15.9 Å². The Bertz CT molecular complexity index is 538. The van der Waals surface area contributed by atoms with Gasteiger partial charge < -0.3 is 5.73 Å². The van der Waals surface area contributed by atoms with Gasteiger partial charge in [0.25, 0.3) is 0 Å². The molecule has 1 aliphatic rings. The molecule has 19 heavy (non-hydrogen) atoms. The summed E-state index contributed by atoms with van der Waals surface area (Å²) in [6.45, 7) is 1.23. The molecule has 1 aromatic rings. The molecule has 2 rings (SSSR count). The van der Waals surface area contributed by atoms with Crippen molar-refractivity contribution in [2.75, 3.05) is 18.8 Å². The van der Waals surface area contributed by atoms with E-state index in [0.717, 1.165) is 25.7 Å². The largest absolute Gasteiger partial charge is 0.398 e. The second kappa shape index (κ2) is 6.24. The standard InChI is InChI=1S/C13H19BrN2O2S/c14-12-10-11(6-7-13(12)15)19(17,18)16-8-4-2-1-3-5-9-16/h6-7,10H,1-5,8-9,15H2. The Morgan fingerprint density at radius 3 is 2.21 bits per heavy atom. The first-order valence-corrected chi connectivity index (χ1v) is 8.80. The van der Waals surface area contributed by atoms with Crippen LogP contribution in [0.1, 0.15) is 32.1 Å². The quantitative estimate of drug-likeness (QED) is 0.837. The van der Waals surface area contributed by atoms with Crippen LogP contribution >= 0.6 is 15.9 Å². The monoisotopic (exact) mass is 346 g/mol. The fraction of sp³-hybridized carbons (Fsp3) is 0.538. The number of rotatable bonds is 2. The van der Waals surface area contributed by atoms with E-state index in [1.165, 1.54) is 6.42 Å². The third-order valence-corrected chi connectivity index (χ3v) is 6.01. The normalized spacial score (nSPS) is 18.8. The van der Waals surface area contributed by atoms with Crippen LogP contribution in [0.15, 0.2) is 27.6 Å². The molecular formula is C13H19BrN2O2S. The van der Waals surface area contributed by atoms with E-state index in [4.69, 9.17) is 5.73 Å². The molecule has 0 bridgehead atoms. The smallest absolute Gasteiger partial charge is 0.243 e. The predicted molar refractivity (Wildman–Crippen MR) is 80.4 cm³/mol. The van der Waals surface area contributed by atoms with Gasteiger partial charge in [-0.25, -0.2) is 8.42 Å². The number of benzene rings is 1. The van der Waals surface area contributed by atoms with Gasteiger partial charge in [0.15, 0.2) is 0 Å². The minimum atomic E-state index is -3.39. The molecule has 1 saturated heterocycles. The fourth-order valence-electron chi connectivity index (χ4n) is 2.28. The highest BCUT2D eigenvalue weighted by Gasteiger charge is 2.24. The number of anilines is 1. The van der Waals surface area contributed by atoms with Crippen LogP contribution in [0.2, 0.25) is 0 Å². The summed E-state index contributed by atoms with van der Waals surface area (Å²) in [5.41, 5.74) is 6.25. The van der Waals surface area contributed by atoms with Gasteiger partial charge in [0.1, 0.15) is 0 Å². The van der Waals surface area contributed by atoms with Crippen molar-refractivity contribution in [1.29, 1.82) is 0 Å². The Balaban J connectivity index is 2.26. The van der Waals surface area contributed by atoms with Crippen LogP contribution in [-0.2, 0) is 10.0 Å². The molecule has 4 nitrogen and oxygen atoms in total. The molecule has 6 heteroatoms. The summed E-state index contributed by atoms with van der Waals surface area (Å²) in [4.78, 5) is 0.314. The maximum atomic E-state index is 12.6. The SMILES string of the molecule is Nc1ccc(S(=O)(=O)N2CCCCCCC2)cc1Br. The Morgan fingerprint density at radius 1 is 1.05 bits per heavy atom. The summed E-state index contributed by atoms with van der Waals surface area (Å²) in [5.74, 6) is 0. The lowest BCUT2D eigenvalue weighted by atomic mass is 10.1. The minimum Gasteiger partial charge on any atom is -0.398 e. The van der Waals surface area contributed by atoms with E-state index in [-0.39, 0.29) is 0 Å². The number of hydrogen-bond donors (Lipinski definition) is 1. The third-order valence-electron chi connectivity index (χ3n) is 3.42. The van der Waals surface area contributed by atoms with Gasteiger partial charge in [-0.05, 0) is 47.0 Å². The molecule has 1 heterocycles. The molecule has 0 amide bonds. The van der Waals surface area contributed by atoms with Crippen LogP contribution in [-0.4, -0.2) is 25.8 Å². The molecule has 0 aliphatic carbocycles. The maximum Gasteiger partial charge on any atom is 0.243 e. The average Bonchev–Trinajstić information content (AvgIpc) is 2.31. The Hall–Kier alpha value is -0.590. The first kappa shape index (κ1) is 14.8. The zero-order chi connectivity index (χ0) is 13.9. The molecule has 0 aromatic heterocycles. The van der Waals surface area contributed by atoms with Crippen LogP contribution in [0.3, 0.4) is 0 Å². The average molecular weight is 347 g/mol. The van der Waals surface area contributed by atoms with Gasteiger partial charge in [0, 0.05) is 23.2 Å². The number of hydrogen-bond acceptors (Lipinski definition) is 3. The van der Waals surface area contributed by atoms with Crippen LogP contribution < -0.4 is 5.73 Å². The first-order chi connectivity index (χ1) is 9.01. The van der Waals surface area contributed by atoms with Gasteiger partial charge in [-0.2, -0.15) is 4.31 Å². The van der Waals surface area contributed by atoms with Crippen LogP contribution in [0.4, 0.5) is 5.69 Å². The molecule has 0 radical (unpaired) electrons. The highest BCUT2D eigenvalue weighted by molar-refractivity contribution is 9.10. The fourth-order valence-corrected chi connectivity index (χ4v) is 4.35.